The van der Waals surface area contributed by atoms with Crippen molar-refractivity contribution in [3.8, 4) is 0 Å². The highest BCUT2D eigenvalue weighted by Gasteiger charge is 2.27. The molecule has 0 aromatic carbocycles. The molecule has 2 fully saturated rings. The zero-order valence-corrected chi connectivity index (χ0v) is 12.0. The highest BCUT2D eigenvalue weighted by atomic mass is 32.2. The van der Waals surface area contributed by atoms with Crippen LogP contribution in [-0.2, 0) is 9.84 Å². The summed E-state index contributed by atoms with van der Waals surface area (Å²) in [5.74, 6) is 0.547. The molecule has 0 radical (unpaired) electrons. The van der Waals surface area contributed by atoms with Gasteiger partial charge in [-0.3, -0.25) is 0 Å². The first-order valence-corrected chi connectivity index (χ1v) is 8.82. The highest BCUT2D eigenvalue weighted by molar-refractivity contribution is 7.91. The fourth-order valence-electron chi connectivity index (χ4n) is 2.67. The number of sulfone groups is 1. The Morgan fingerprint density at radius 1 is 1.21 bits per heavy atom. The molecule has 0 aromatic heterocycles. The Bertz CT molecular complexity index is 404. The molecule has 2 aliphatic heterocycles. The highest BCUT2D eigenvalue weighted by Crippen LogP contribution is 2.17. The van der Waals surface area contributed by atoms with Crippen LogP contribution in [0.1, 0.15) is 19.3 Å². The molecule has 0 aromatic rings. The number of nitrogens with one attached hydrogen (secondary N) is 2. The van der Waals surface area contributed by atoms with Crippen molar-refractivity contribution in [1.82, 2.24) is 15.5 Å². The van der Waals surface area contributed by atoms with Crippen molar-refractivity contribution >= 4 is 15.9 Å². The molecule has 19 heavy (non-hydrogen) atoms. The summed E-state index contributed by atoms with van der Waals surface area (Å²) in [6.45, 7) is 4.25. The van der Waals surface area contributed by atoms with Crippen LogP contribution in [0.4, 0.5) is 4.79 Å². The number of hydrogen-bond acceptors (Lipinski definition) is 4. The molecule has 0 aliphatic carbocycles. The van der Waals surface area contributed by atoms with E-state index in [1.165, 1.54) is 12.8 Å². The Labute approximate surface area is 114 Å². The quantitative estimate of drug-likeness (QED) is 0.736. The van der Waals surface area contributed by atoms with Crippen LogP contribution in [0.3, 0.4) is 0 Å². The largest absolute Gasteiger partial charge is 0.338 e. The van der Waals surface area contributed by atoms with E-state index in [0.29, 0.717) is 19.5 Å². The SMILES string of the molecule is O=C(NCCN1CCCC1)NCC1CCS(=O)(=O)C1. The molecule has 2 heterocycles. The van der Waals surface area contributed by atoms with Gasteiger partial charge in [0.15, 0.2) is 9.84 Å². The van der Waals surface area contributed by atoms with E-state index < -0.39 is 9.84 Å². The molecule has 6 nitrogen and oxygen atoms in total. The summed E-state index contributed by atoms with van der Waals surface area (Å²) >= 11 is 0. The zero-order valence-electron chi connectivity index (χ0n) is 11.2. The van der Waals surface area contributed by atoms with Crippen LogP contribution < -0.4 is 10.6 Å². The fraction of sp³-hybridized carbons (Fsp3) is 0.917. The van der Waals surface area contributed by atoms with Crippen LogP contribution in [0.25, 0.3) is 0 Å². The molecular formula is C12H23N3O3S. The van der Waals surface area contributed by atoms with Gasteiger partial charge in [0, 0.05) is 19.6 Å². The van der Waals surface area contributed by atoms with Gasteiger partial charge in [-0.2, -0.15) is 0 Å². The molecule has 0 saturated carbocycles. The standard InChI is InChI=1S/C12H23N3O3S/c16-12(13-4-7-15-5-1-2-6-15)14-9-11-3-8-19(17,18)10-11/h11H,1-10H2,(H2,13,14,16). The van der Waals surface area contributed by atoms with Crippen molar-refractivity contribution in [2.75, 3.05) is 44.2 Å². The maximum absolute atomic E-state index is 11.5. The summed E-state index contributed by atoms with van der Waals surface area (Å²) in [4.78, 5) is 13.9. The number of urea groups is 1. The fourth-order valence-corrected chi connectivity index (χ4v) is 4.53. The molecule has 2 rings (SSSR count). The predicted octanol–water partition coefficient (Wildman–Crippen LogP) is -0.184. The number of rotatable bonds is 5. The Balaban J connectivity index is 1.54. The van der Waals surface area contributed by atoms with E-state index in [-0.39, 0.29) is 23.5 Å². The van der Waals surface area contributed by atoms with Gasteiger partial charge < -0.3 is 15.5 Å². The monoisotopic (exact) mass is 289 g/mol. The molecule has 0 bridgehead atoms. The van der Waals surface area contributed by atoms with E-state index in [4.69, 9.17) is 0 Å². The van der Waals surface area contributed by atoms with Crippen LogP contribution in [-0.4, -0.2) is 63.6 Å². The van der Waals surface area contributed by atoms with Gasteiger partial charge in [0.25, 0.3) is 0 Å². The molecule has 2 saturated heterocycles. The van der Waals surface area contributed by atoms with E-state index in [1.54, 1.807) is 0 Å². The summed E-state index contributed by atoms with van der Waals surface area (Å²) in [5.41, 5.74) is 0. The minimum absolute atomic E-state index is 0.0781. The first kappa shape index (κ1) is 14.6. The molecule has 110 valence electrons. The molecule has 2 amide bonds. The molecule has 2 N–H and O–H groups in total. The predicted molar refractivity (Wildman–Crippen MR) is 73.8 cm³/mol. The molecule has 2 aliphatic rings. The number of carbonyl (C=O) groups is 1. The van der Waals surface area contributed by atoms with Crippen LogP contribution in [0, 0.1) is 5.92 Å². The number of carbonyl (C=O) groups excluding carboxylic acids is 1. The van der Waals surface area contributed by atoms with Gasteiger partial charge in [0.2, 0.25) is 0 Å². The Morgan fingerprint density at radius 2 is 1.95 bits per heavy atom. The van der Waals surface area contributed by atoms with Gasteiger partial charge in [-0.1, -0.05) is 0 Å². The average molecular weight is 289 g/mol. The van der Waals surface area contributed by atoms with Crippen molar-refractivity contribution in [3.63, 3.8) is 0 Å². The Kier molecular flexibility index (Phi) is 5.04. The lowest BCUT2D eigenvalue weighted by atomic mass is 10.1. The van der Waals surface area contributed by atoms with E-state index in [9.17, 15) is 13.2 Å². The van der Waals surface area contributed by atoms with Crippen LogP contribution in [0.15, 0.2) is 0 Å². The summed E-state index contributed by atoms with van der Waals surface area (Å²) in [6, 6.07) is -0.191. The number of hydrogen-bond donors (Lipinski definition) is 2. The maximum Gasteiger partial charge on any atom is 0.314 e. The Morgan fingerprint density at radius 3 is 2.58 bits per heavy atom. The second-order valence-corrected chi connectivity index (χ2v) is 7.68. The van der Waals surface area contributed by atoms with Gasteiger partial charge in [-0.25, -0.2) is 13.2 Å². The lowest BCUT2D eigenvalue weighted by molar-refractivity contribution is 0.237. The van der Waals surface area contributed by atoms with Gasteiger partial charge in [-0.15, -0.1) is 0 Å². The zero-order chi connectivity index (χ0) is 13.7. The van der Waals surface area contributed by atoms with E-state index in [2.05, 4.69) is 15.5 Å². The third-order valence-corrected chi connectivity index (χ3v) is 5.63. The summed E-state index contributed by atoms with van der Waals surface area (Å²) in [6.07, 6.45) is 3.17. The summed E-state index contributed by atoms with van der Waals surface area (Å²) < 4.78 is 22.5. The van der Waals surface area contributed by atoms with E-state index in [1.807, 2.05) is 0 Å². The van der Waals surface area contributed by atoms with Crippen LogP contribution in [0.2, 0.25) is 0 Å². The van der Waals surface area contributed by atoms with E-state index >= 15 is 0 Å². The molecule has 0 spiro atoms. The second kappa shape index (κ2) is 6.56. The summed E-state index contributed by atoms with van der Waals surface area (Å²) in [7, 11) is -2.85. The van der Waals surface area contributed by atoms with Gasteiger partial charge in [0.1, 0.15) is 0 Å². The normalized spacial score (nSPS) is 26.4. The molecule has 1 unspecified atom stereocenters. The minimum Gasteiger partial charge on any atom is -0.338 e. The molecular weight excluding hydrogens is 266 g/mol. The summed E-state index contributed by atoms with van der Waals surface area (Å²) in [5, 5.41) is 5.57. The molecule has 7 heteroatoms. The van der Waals surface area contributed by atoms with Crippen molar-refractivity contribution in [3.05, 3.63) is 0 Å². The first-order chi connectivity index (χ1) is 9.05. The van der Waals surface area contributed by atoms with Crippen LogP contribution >= 0.6 is 0 Å². The average Bonchev–Trinajstić information content (AvgIpc) is 2.96. The first-order valence-electron chi connectivity index (χ1n) is 7.00. The van der Waals surface area contributed by atoms with Crippen molar-refractivity contribution in [2.45, 2.75) is 19.3 Å². The lowest BCUT2D eigenvalue weighted by Gasteiger charge is -2.15. The lowest BCUT2D eigenvalue weighted by Crippen LogP contribution is -2.41. The number of likely N-dealkylation sites (tertiary alicyclic amines) is 1. The minimum atomic E-state index is -2.85. The van der Waals surface area contributed by atoms with Crippen molar-refractivity contribution < 1.29 is 13.2 Å². The maximum atomic E-state index is 11.5. The topological polar surface area (TPSA) is 78.5 Å². The number of amides is 2. The smallest absolute Gasteiger partial charge is 0.314 e. The van der Waals surface area contributed by atoms with Gasteiger partial charge in [0.05, 0.1) is 11.5 Å². The third kappa shape index (κ3) is 4.99. The van der Waals surface area contributed by atoms with Crippen LogP contribution in [0.5, 0.6) is 0 Å². The van der Waals surface area contributed by atoms with Gasteiger partial charge >= 0.3 is 6.03 Å². The second-order valence-electron chi connectivity index (χ2n) is 5.45. The van der Waals surface area contributed by atoms with Crippen molar-refractivity contribution in [2.24, 2.45) is 5.92 Å². The Hall–Kier alpha value is -0.820. The van der Waals surface area contributed by atoms with Gasteiger partial charge in [-0.05, 0) is 38.3 Å². The third-order valence-electron chi connectivity index (χ3n) is 3.79. The molecule has 1 atom stereocenters. The number of nitrogens with zero attached hydrogens (tertiary/aromatic N) is 1. The van der Waals surface area contributed by atoms with E-state index in [0.717, 1.165) is 19.6 Å². The van der Waals surface area contributed by atoms with Crippen molar-refractivity contribution in [1.29, 1.82) is 0 Å².